The largest absolute Gasteiger partial charge is 0.274 e. The summed E-state index contributed by atoms with van der Waals surface area (Å²) in [6.07, 6.45) is 1.70. The Kier molecular flexibility index (Phi) is 3.89. The zero-order valence-electron chi connectivity index (χ0n) is 10.4. The average molecular weight is 262 g/mol. The van der Waals surface area contributed by atoms with E-state index < -0.39 is 0 Å². The van der Waals surface area contributed by atoms with Crippen molar-refractivity contribution in [1.29, 1.82) is 0 Å². The molecule has 6 nitrogen and oxygen atoms in total. The van der Waals surface area contributed by atoms with Crippen LogP contribution in [0.2, 0.25) is 0 Å². The number of unbranched alkanes of at least 4 members (excludes halogenated alkanes) is 2. The van der Waals surface area contributed by atoms with E-state index in [1.165, 1.54) is 4.90 Å². The molecule has 19 heavy (non-hydrogen) atoms. The number of carbonyl (C=O) groups excluding carboxylic acids is 2. The molecular weight excluding hydrogens is 248 g/mol. The molecule has 1 aromatic rings. The Bertz CT molecular complexity index is 492. The third-order valence-corrected chi connectivity index (χ3v) is 3.10. The molecule has 0 aliphatic carbocycles. The fraction of sp³-hybridized carbons (Fsp3) is 0.385. The third-order valence-electron chi connectivity index (χ3n) is 3.10. The number of amides is 2. The number of carbonyl (C=O) groups is 2. The van der Waals surface area contributed by atoms with E-state index in [2.05, 4.69) is 0 Å². The molecule has 2 amide bonds. The lowest BCUT2D eigenvalue weighted by Gasteiger charge is -2.12. The molecule has 0 saturated heterocycles. The Balaban J connectivity index is 1.88. The highest BCUT2D eigenvalue weighted by atomic mass is 16.6. The second kappa shape index (κ2) is 5.60. The number of nitrogens with zero attached hydrogens (tertiary/aromatic N) is 2. The Hall–Kier alpha value is -2.24. The highest BCUT2D eigenvalue weighted by molar-refractivity contribution is 6.21. The molecule has 0 saturated carbocycles. The van der Waals surface area contributed by atoms with Gasteiger partial charge in [-0.25, -0.2) is 0 Å². The number of nitro groups is 1. The van der Waals surface area contributed by atoms with Gasteiger partial charge in [-0.05, 0) is 25.0 Å². The smallest absolute Gasteiger partial charge is 0.261 e. The summed E-state index contributed by atoms with van der Waals surface area (Å²) in [5.41, 5.74) is 0.885. The van der Waals surface area contributed by atoms with Crippen LogP contribution in [0.15, 0.2) is 24.3 Å². The van der Waals surface area contributed by atoms with E-state index in [0.29, 0.717) is 36.9 Å². The summed E-state index contributed by atoms with van der Waals surface area (Å²) in [5.74, 6) is -0.537. The molecule has 0 bridgehead atoms. The number of imide groups is 1. The molecule has 0 spiro atoms. The first-order valence-corrected chi connectivity index (χ1v) is 6.18. The van der Waals surface area contributed by atoms with Crippen LogP contribution in [0.25, 0.3) is 0 Å². The molecule has 1 aliphatic heterocycles. The van der Waals surface area contributed by atoms with E-state index in [0.717, 1.165) is 0 Å². The number of hydrogen-bond donors (Lipinski definition) is 0. The lowest BCUT2D eigenvalue weighted by Crippen LogP contribution is -2.30. The van der Waals surface area contributed by atoms with Crippen molar-refractivity contribution in [1.82, 2.24) is 4.90 Å². The van der Waals surface area contributed by atoms with E-state index in [-0.39, 0.29) is 23.3 Å². The maximum Gasteiger partial charge on any atom is 0.261 e. The van der Waals surface area contributed by atoms with Crippen LogP contribution in [0.1, 0.15) is 40.0 Å². The molecule has 1 aliphatic rings. The van der Waals surface area contributed by atoms with Crippen molar-refractivity contribution in [3.63, 3.8) is 0 Å². The van der Waals surface area contributed by atoms with Crippen LogP contribution in [0.5, 0.6) is 0 Å². The Morgan fingerprint density at radius 1 is 1.00 bits per heavy atom. The number of hydrogen-bond acceptors (Lipinski definition) is 4. The van der Waals surface area contributed by atoms with Gasteiger partial charge in [-0.2, -0.15) is 0 Å². The molecule has 1 aromatic carbocycles. The predicted molar refractivity (Wildman–Crippen MR) is 67.5 cm³/mol. The summed E-state index contributed by atoms with van der Waals surface area (Å²) in [6.45, 7) is 0.256. The highest BCUT2D eigenvalue weighted by Gasteiger charge is 2.34. The van der Waals surface area contributed by atoms with Crippen molar-refractivity contribution in [2.45, 2.75) is 19.3 Å². The molecule has 6 heteroatoms. The van der Waals surface area contributed by atoms with Gasteiger partial charge in [0.1, 0.15) is 0 Å². The lowest BCUT2D eigenvalue weighted by atomic mass is 10.1. The molecule has 0 unspecified atom stereocenters. The van der Waals surface area contributed by atoms with Crippen molar-refractivity contribution >= 4 is 11.8 Å². The van der Waals surface area contributed by atoms with E-state index in [9.17, 15) is 19.7 Å². The summed E-state index contributed by atoms with van der Waals surface area (Å²) in [4.78, 5) is 35.0. The minimum atomic E-state index is -0.359. The third kappa shape index (κ3) is 2.78. The standard InChI is InChI=1S/C13H14N2O4/c16-12-10-6-2-3-7-11(10)13(17)14(12)8-4-1-5-9-15(18)19/h2-3,6-7H,1,4-5,8-9H2. The minimum Gasteiger partial charge on any atom is -0.274 e. The molecule has 0 fully saturated rings. The molecule has 0 N–H and O–H groups in total. The van der Waals surface area contributed by atoms with Gasteiger partial charge in [0, 0.05) is 17.9 Å². The van der Waals surface area contributed by atoms with Crippen LogP contribution in [0, 0.1) is 10.1 Å². The van der Waals surface area contributed by atoms with Crippen molar-refractivity contribution in [3.05, 3.63) is 45.5 Å². The van der Waals surface area contributed by atoms with Crippen LogP contribution in [0.4, 0.5) is 0 Å². The SMILES string of the molecule is O=C1c2ccccc2C(=O)N1CCCCC[N+](=O)[O-]. The van der Waals surface area contributed by atoms with Crippen LogP contribution in [-0.2, 0) is 0 Å². The summed E-state index contributed by atoms with van der Waals surface area (Å²) in [6, 6.07) is 6.74. The molecular formula is C13H14N2O4. The minimum absolute atomic E-state index is 0.0673. The zero-order valence-corrected chi connectivity index (χ0v) is 10.4. The summed E-state index contributed by atoms with van der Waals surface area (Å²) in [7, 11) is 0. The first kappa shape index (κ1) is 13.2. The lowest BCUT2D eigenvalue weighted by molar-refractivity contribution is -0.480. The topological polar surface area (TPSA) is 80.5 Å². The van der Waals surface area contributed by atoms with Gasteiger partial charge in [-0.15, -0.1) is 0 Å². The highest BCUT2D eigenvalue weighted by Crippen LogP contribution is 2.22. The van der Waals surface area contributed by atoms with E-state index >= 15 is 0 Å². The number of benzene rings is 1. The monoisotopic (exact) mass is 262 g/mol. The Morgan fingerprint density at radius 3 is 2.11 bits per heavy atom. The summed E-state index contributed by atoms with van der Waals surface area (Å²) < 4.78 is 0. The predicted octanol–water partition coefficient (Wildman–Crippen LogP) is 1.73. The van der Waals surface area contributed by atoms with Gasteiger partial charge in [-0.3, -0.25) is 24.6 Å². The fourth-order valence-corrected chi connectivity index (χ4v) is 2.13. The molecule has 0 aromatic heterocycles. The van der Waals surface area contributed by atoms with E-state index in [4.69, 9.17) is 0 Å². The summed E-state index contributed by atoms with van der Waals surface area (Å²) >= 11 is 0. The van der Waals surface area contributed by atoms with Gasteiger partial charge in [0.05, 0.1) is 11.1 Å². The van der Waals surface area contributed by atoms with Crippen molar-refractivity contribution in [2.75, 3.05) is 13.1 Å². The van der Waals surface area contributed by atoms with Crippen molar-refractivity contribution in [3.8, 4) is 0 Å². The second-order valence-corrected chi connectivity index (χ2v) is 4.42. The molecule has 0 atom stereocenters. The Labute approximate surface area is 110 Å². The maximum atomic E-state index is 12.0. The van der Waals surface area contributed by atoms with Gasteiger partial charge in [0.2, 0.25) is 6.54 Å². The molecule has 100 valence electrons. The van der Waals surface area contributed by atoms with E-state index in [1.54, 1.807) is 24.3 Å². The number of fused-ring (bicyclic) bond motifs is 1. The quantitative estimate of drug-likeness (QED) is 0.338. The van der Waals surface area contributed by atoms with Crippen LogP contribution in [0.3, 0.4) is 0 Å². The van der Waals surface area contributed by atoms with E-state index in [1.807, 2.05) is 0 Å². The van der Waals surface area contributed by atoms with Gasteiger partial charge < -0.3 is 0 Å². The normalized spacial score (nSPS) is 13.8. The fourth-order valence-electron chi connectivity index (χ4n) is 2.13. The first-order valence-electron chi connectivity index (χ1n) is 6.18. The van der Waals surface area contributed by atoms with Crippen molar-refractivity contribution < 1.29 is 14.5 Å². The number of rotatable bonds is 6. The Morgan fingerprint density at radius 2 is 1.58 bits per heavy atom. The average Bonchev–Trinajstić information content (AvgIpc) is 2.63. The molecule has 2 rings (SSSR count). The van der Waals surface area contributed by atoms with Gasteiger partial charge in [-0.1, -0.05) is 12.1 Å². The van der Waals surface area contributed by atoms with Gasteiger partial charge >= 0.3 is 0 Å². The second-order valence-electron chi connectivity index (χ2n) is 4.42. The maximum absolute atomic E-state index is 12.0. The van der Waals surface area contributed by atoms with Gasteiger partial charge in [0.15, 0.2) is 0 Å². The van der Waals surface area contributed by atoms with Gasteiger partial charge in [0.25, 0.3) is 11.8 Å². The van der Waals surface area contributed by atoms with Crippen LogP contribution < -0.4 is 0 Å². The molecule has 1 heterocycles. The van der Waals surface area contributed by atoms with Crippen molar-refractivity contribution in [2.24, 2.45) is 0 Å². The van der Waals surface area contributed by atoms with Crippen LogP contribution in [-0.4, -0.2) is 34.7 Å². The summed E-state index contributed by atoms with van der Waals surface area (Å²) in [5, 5.41) is 10.2. The van der Waals surface area contributed by atoms with Crippen LogP contribution >= 0.6 is 0 Å². The first-order chi connectivity index (χ1) is 9.11. The molecule has 0 radical (unpaired) electrons. The zero-order chi connectivity index (χ0) is 13.8.